The number of rotatable bonds is 3. The van der Waals surface area contributed by atoms with Crippen molar-refractivity contribution in [1.29, 1.82) is 0 Å². The average molecular weight is 277 g/mol. The molecular formula is C19H19NO. The van der Waals surface area contributed by atoms with Gasteiger partial charge in [-0.2, -0.15) is 0 Å². The fourth-order valence-electron chi connectivity index (χ4n) is 2.60. The Morgan fingerprint density at radius 3 is 2.48 bits per heavy atom. The highest BCUT2D eigenvalue weighted by atomic mass is 16.3. The van der Waals surface area contributed by atoms with Gasteiger partial charge in [0.05, 0.1) is 17.3 Å². The van der Waals surface area contributed by atoms with Gasteiger partial charge in [0.2, 0.25) is 0 Å². The Hall–Kier alpha value is -2.19. The zero-order valence-corrected chi connectivity index (χ0v) is 12.4. The second-order valence-corrected chi connectivity index (χ2v) is 5.59. The van der Waals surface area contributed by atoms with Gasteiger partial charge in [-0.15, -0.1) is 0 Å². The van der Waals surface area contributed by atoms with Gasteiger partial charge >= 0.3 is 0 Å². The van der Waals surface area contributed by atoms with Crippen LogP contribution in [0.1, 0.15) is 28.5 Å². The predicted octanol–water partition coefficient (Wildman–Crippen LogP) is 4.13. The zero-order chi connectivity index (χ0) is 14.8. The van der Waals surface area contributed by atoms with Crippen LogP contribution in [-0.4, -0.2) is 10.1 Å². The van der Waals surface area contributed by atoms with Crippen molar-refractivity contribution < 1.29 is 5.11 Å². The number of hydrogen-bond acceptors (Lipinski definition) is 2. The van der Waals surface area contributed by atoms with Crippen molar-refractivity contribution in [2.24, 2.45) is 0 Å². The Morgan fingerprint density at radius 2 is 1.71 bits per heavy atom. The number of para-hydroxylation sites is 1. The Bertz CT molecular complexity index is 762. The van der Waals surface area contributed by atoms with Gasteiger partial charge in [0.15, 0.2) is 0 Å². The number of fused-ring (bicyclic) bond motifs is 1. The lowest BCUT2D eigenvalue weighted by atomic mass is 10.0. The normalized spacial score (nSPS) is 12.5. The molecule has 106 valence electrons. The van der Waals surface area contributed by atoms with Gasteiger partial charge in [-0.05, 0) is 37.1 Å². The molecule has 0 fully saturated rings. The molecule has 0 aliphatic rings. The number of hydrogen-bond donors (Lipinski definition) is 1. The maximum absolute atomic E-state index is 10.5. The molecule has 1 N–H and O–H groups in total. The van der Waals surface area contributed by atoms with Crippen molar-refractivity contribution in [2.75, 3.05) is 0 Å². The summed E-state index contributed by atoms with van der Waals surface area (Å²) < 4.78 is 0. The second kappa shape index (κ2) is 5.66. The Kier molecular flexibility index (Phi) is 3.72. The number of benzene rings is 2. The van der Waals surface area contributed by atoms with Crippen LogP contribution < -0.4 is 0 Å². The van der Waals surface area contributed by atoms with Crippen LogP contribution in [0.3, 0.4) is 0 Å². The van der Waals surface area contributed by atoms with Crippen LogP contribution in [-0.2, 0) is 6.42 Å². The molecule has 0 spiro atoms. The highest BCUT2D eigenvalue weighted by Crippen LogP contribution is 2.23. The van der Waals surface area contributed by atoms with Crippen LogP contribution in [0.25, 0.3) is 10.9 Å². The molecule has 21 heavy (non-hydrogen) atoms. The minimum atomic E-state index is -0.573. The molecule has 1 heterocycles. The number of aryl methyl sites for hydroxylation is 2. The summed E-state index contributed by atoms with van der Waals surface area (Å²) in [5.41, 5.74) is 5.19. The molecule has 0 aliphatic heterocycles. The lowest BCUT2D eigenvalue weighted by Crippen LogP contribution is -2.05. The van der Waals surface area contributed by atoms with Crippen molar-refractivity contribution >= 4 is 10.9 Å². The molecule has 1 unspecified atom stereocenters. The number of pyridine rings is 1. The topological polar surface area (TPSA) is 33.1 Å². The first kappa shape index (κ1) is 13.8. The van der Waals surface area contributed by atoms with E-state index in [9.17, 15) is 5.11 Å². The van der Waals surface area contributed by atoms with Gasteiger partial charge < -0.3 is 5.11 Å². The van der Waals surface area contributed by atoms with E-state index in [0.717, 1.165) is 27.7 Å². The first-order chi connectivity index (χ1) is 10.1. The minimum Gasteiger partial charge on any atom is -0.386 e. The zero-order valence-electron chi connectivity index (χ0n) is 12.4. The van der Waals surface area contributed by atoms with Gasteiger partial charge in [0.25, 0.3) is 0 Å². The molecule has 2 aromatic carbocycles. The fraction of sp³-hybridized carbons (Fsp3) is 0.211. The summed E-state index contributed by atoms with van der Waals surface area (Å²) in [5, 5.41) is 11.6. The number of aromatic nitrogens is 1. The van der Waals surface area contributed by atoms with Gasteiger partial charge in [0.1, 0.15) is 0 Å². The standard InChI is InChI=1S/C19H19NO/c1-13-7-9-15(10-8-13)12-19(21)18-11-14(2)16-5-3-4-6-17(16)20-18/h3-11,19,21H,12H2,1-2H3. The van der Waals surface area contributed by atoms with Crippen LogP contribution >= 0.6 is 0 Å². The van der Waals surface area contributed by atoms with Crippen molar-refractivity contribution in [2.45, 2.75) is 26.4 Å². The maximum atomic E-state index is 10.5. The van der Waals surface area contributed by atoms with E-state index < -0.39 is 6.10 Å². The molecule has 3 aromatic rings. The van der Waals surface area contributed by atoms with Crippen LogP contribution in [0.2, 0.25) is 0 Å². The maximum Gasteiger partial charge on any atom is 0.1000 e. The Balaban J connectivity index is 1.90. The summed E-state index contributed by atoms with van der Waals surface area (Å²) in [7, 11) is 0. The van der Waals surface area contributed by atoms with Gasteiger partial charge in [0, 0.05) is 11.8 Å². The number of aliphatic hydroxyl groups is 1. The third-order valence-electron chi connectivity index (χ3n) is 3.83. The molecule has 2 heteroatoms. The second-order valence-electron chi connectivity index (χ2n) is 5.59. The third-order valence-corrected chi connectivity index (χ3v) is 3.83. The Morgan fingerprint density at radius 1 is 1.00 bits per heavy atom. The lowest BCUT2D eigenvalue weighted by Gasteiger charge is -2.13. The molecule has 0 saturated carbocycles. The summed E-state index contributed by atoms with van der Waals surface area (Å²) in [6, 6.07) is 18.3. The smallest absolute Gasteiger partial charge is 0.1000 e. The van der Waals surface area contributed by atoms with Crippen LogP contribution in [0.4, 0.5) is 0 Å². The molecule has 3 rings (SSSR count). The largest absolute Gasteiger partial charge is 0.386 e. The predicted molar refractivity (Wildman–Crippen MR) is 86.3 cm³/mol. The van der Waals surface area contributed by atoms with Gasteiger partial charge in [-0.1, -0.05) is 48.0 Å². The van der Waals surface area contributed by atoms with Crippen LogP contribution in [0.15, 0.2) is 54.6 Å². The SMILES string of the molecule is Cc1ccc(CC(O)c2cc(C)c3ccccc3n2)cc1. The minimum absolute atomic E-state index is 0.573. The fourth-order valence-corrected chi connectivity index (χ4v) is 2.60. The van der Waals surface area contributed by atoms with E-state index >= 15 is 0 Å². The first-order valence-corrected chi connectivity index (χ1v) is 7.23. The Labute approximate surface area is 125 Å². The molecule has 0 bridgehead atoms. The van der Waals surface area contributed by atoms with Crippen LogP contribution in [0.5, 0.6) is 0 Å². The van der Waals surface area contributed by atoms with E-state index in [1.165, 1.54) is 5.56 Å². The summed E-state index contributed by atoms with van der Waals surface area (Å²) >= 11 is 0. The lowest BCUT2D eigenvalue weighted by molar-refractivity contribution is 0.174. The molecule has 0 saturated heterocycles. The average Bonchev–Trinajstić information content (AvgIpc) is 2.49. The monoisotopic (exact) mass is 277 g/mol. The summed E-state index contributed by atoms with van der Waals surface area (Å²) in [6.45, 7) is 4.13. The summed E-state index contributed by atoms with van der Waals surface area (Å²) in [6.07, 6.45) is 0.0152. The van der Waals surface area contributed by atoms with Gasteiger partial charge in [-0.3, -0.25) is 4.98 Å². The van der Waals surface area contributed by atoms with E-state index in [1.807, 2.05) is 24.3 Å². The van der Waals surface area contributed by atoms with Crippen molar-refractivity contribution in [3.8, 4) is 0 Å². The van der Waals surface area contributed by atoms with Gasteiger partial charge in [-0.25, -0.2) is 0 Å². The number of aliphatic hydroxyl groups excluding tert-OH is 1. The molecule has 0 amide bonds. The quantitative estimate of drug-likeness (QED) is 0.781. The van der Waals surface area contributed by atoms with E-state index in [-0.39, 0.29) is 0 Å². The van der Waals surface area contributed by atoms with E-state index in [2.05, 4.69) is 49.2 Å². The highest BCUT2D eigenvalue weighted by Gasteiger charge is 2.12. The summed E-state index contributed by atoms with van der Waals surface area (Å²) in [4.78, 5) is 4.60. The highest BCUT2D eigenvalue weighted by molar-refractivity contribution is 5.82. The molecule has 1 atom stereocenters. The van der Waals surface area contributed by atoms with E-state index in [1.54, 1.807) is 0 Å². The molecule has 1 aromatic heterocycles. The molecule has 2 nitrogen and oxygen atoms in total. The van der Waals surface area contributed by atoms with Crippen molar-refractivity contribution in [1.82, 2.24) is 4.98 Å². The molecule has 0 radical (unpaired) electrons. The molecule has 0 aliphatic carbocycles. The van der Waals surface area contributed by atoms with E-state index in [0.29, 0.717) is 6.42 Å². The van der Waals surface area contributed by atoms with E-state index in [4.69, 9.17) is 0 Å². The summed E-state index contributed by atoms with van der Waals surface area (Å²) in [5.74, 6) is 0. The van der Waals surface area contributed by atoms with Crippen molar-refractivity contribution in [3.05, 3.63) is 77.0 Å². The third kappa shape index (κ3) is 2.96. The first-order valence-electron chi connectivity index (χ1n) is 7.23. The number of nitrogens with zero attached hydrogens (tertiary/aromatic N) is 1. The van der Waals surface area contributed by atoms with Crippen molar-refractivity contribution in [3.63, 3.8) is 0 Å². The van der Waals surface area contributed by atoms with Crippen LogP contribution in [0, 0.1) is 13.8 Å². The molecular weight excluding hydrogens is 258 g/mol.